The van der Waals surface area contributed by atoms with Gasteiger partial charge in [0.05, 0.1) is 6.54 Å². The van der Waals surface area contributed by atoms with Gasteiger partial charge in [-0.2, -0.15) is 4.90 Å². The Kier molecular flexibility index (Phi) is 5.29. The van der Waals surface area contributed by atoms with Crippen LogP contribution in [0.25, 0.3) is 0 Å². The van der Waals surface area contributed by atoms with Crippen molar-refractivity contribution >= 4 is 23.1 Å². The predicted molar refractivity (Wildman–Crippen MR) is 104 cm³/mol. The first-order valence-corrected chi connectivity index (χ1v) is 9.82. The molecule has 0 saturated carbocycles. The molecule has 5 rings (SSSR count). The SMILES string of the molecule is OC1(c2ccc3c(c2)OCO3)C[N+]2=C(CCCCC2)N1c1ccc(Cl)cc1.[Br-]. The molecule has 7 heteroatoms. The Morgan fingerprint density at radius 3 is 2.61 bits per heavy atom. The number of amidine groups is 1. The van der Waals surface area contributed by atoms with Crippen LogP contribution in [0, 0.1) is 0 Å². The minimum absolute atomic E-state index is 0. The third kappa shape index (κ3) is 3.17. The number of hydrogen-bond acceptors (Lipinski definition) is 4. The molecule has 3 heterocycles. The fraction of sp³-hybridized carbons (Fsp3) is 0.381. The van der Waals surface area contributed by atoms with E-state index in [9.17, 15) is 5.11 Å². The van der Waals surface area contributed by atoms with Gasteiger partial charge in [0.15, 0.2) is 18.0 Å². The maximum atomic E-state index is 11.9. The van der Waals surface area contributed by atoms with Gasteiger partial charge in [0.1, 0.15) is 5.69 Å². The molecule has 2 aromatic carbocycles. The minimum Gasteiger partial charge on any atom is -1.00 e. The molecule has 0 spiro atoms. The number of hydrogen-bond donors (Lipinski definition) is 1. The summed E-state index contributed by atoms with van der Waals surface area (Å²) < 4.78 is 13.3. The van der Waals surface area contributed by atoms with Crippen LogP contribution in [0.15, 0.2) is 42.5 Å². The summed E-state index contributed by atoms with van der Waals surface area (Å²) in [4.78, 5) is 2.08. The van der Waals surface area contributed by atoms with Gasteiger partial charge in [-0.15, -0.1) is 0 Å². The van der Waals surface area contributed by atoms with Crippen molar-refractivity contribution in [2.45, 2.75) is 31.4 Å². The van der Waals surface area contributed by atoms with E-state index in [0.717, 1.165) is 42.8 Å². The summed E-state index contributed by atoms with van der Waals surface area (Å²) in [5.41, 5.74) is 0.586. The third-order valence-corrected chi connectivity index (χ3v) is 5.90. The molecule has 0 aliphatic carbocycles. The molecule has 0 bridgehead atoms. The van der Waals surface area contributed by atoms with Gasteiger partial charge in [0, 0.05) is 17.0 Å². The molecule has 1 atom stereocenters. The van der Waals surface area contributed by atoms with Crippen LogP contribution >= 0.6 is 11.6 Å². The van der Waals surface area contributed by atoms with Crippen LogP contribution < -0.4 is 31.4 Å². The Balaban J connectivity index is 0.00000192. The Hall–Kier alpha value is -1.76. The van der Waals surface area contributed by atoms with E-state index in [1.165, 1.54) is 12.3 Å². The van der Waals surface area contributed by atoms with Crippen LogP contribution in [0.5, 0.6) is 11.5 Å². The topological polar surface area (TPSA) is 44.9 Å². The zero-order valence-corrected chi connectivity index (χ0v) is 17.7. The van der Waals surface area contributed by atoms with E-state index in [2.05, 4.69) is 9.48 Å². The lowest BCUT2D eigenvalue weighted by Crippen LogP contribution is -3.00. The first kappa shape index (κ1) is 19.6. The zero-order valence-electron chi connectivity index (χ0n) is 15.4. The number of benzene rings is 2. The average Bonchev–Trinajstić information content (AvgIpc) is 3.18. The smallest absolute Gasteiger partial charge is 0.275 e. The standard InChI is InChI=1S/C21H22ClN2O3.BrH/c22-16-6-8-17(9-7-16)24-20-4-2-1-3-11-23(20)13-21(24,25)15-5-10-18-19(12-15)27-14-26-18;/h5-10,12,25H,1-4,11,13-14H2;1H/q+1;/p-1. The van der Waals surface area contributed by atoms with Crippen molar-refractivity contribution < 1.29 is 36.1 Å². The van der Waals surface area contributed by atoms with E-state index in [1.54, 1.807) is 0 Å². The number of ether oxygens (including phenoxy) is 2. The van der Waals surface area contributed by atoms with Crippen LogP contribution in [0.2, 0.25) is 5.02 Å². The Morgan fingerprint density at radius 2 is 1.79 bits per heavy atom. The summed E-state index contributed by atoms with van der Waals surface area (Å²) in [6.45, 7) is 1.72. The van der Waals surface area contributed by atoms with Gasteiger partial charge in [-0.3, -0.25) is 4.58 Å². The van der Waals surface area contributed by atoms with Crippen molar-refractivity contribution in [2.24, 2.45) is 0 Å². The second-order valence-corrected chi connectivity index (χ2v) is 7.78. The van der Waals surface area contributed by atoms with Gasteiger partial charge in [-0.25, -0.2) is 0 Å². The van der Waals surface area contributed by atoms with E-state index >= 15 is 0 Å². The van der Waals surface area contributed by atoms with Crippen LogP contribution in [0.3, 0.4) is 0 Å². The third-order valence-electron chi connectivity index (χ3n) is 5.65. The molecule has 3 aliphatic heterocycles. The van der Waals surface area contributed by atoms with Crippen molar-refractivity contribution in [1.29, 1.82) is 0 Å². The van der Waals surface area contributed by atoms with Gasteiger partial charge in [0.25, 0.3) is 11.6 Å². The first-order chi connectivity index (χ1) is 13.1. The van der Waals surface area contributed by atoms with Crippen LogP contribution in [-0.4, -0.2) is 35.4 Å². The number of fused-ring (bicyclic) bond motifs is 1. The molecule has 0 radical (unpaired) electrons. The van der Waals surface area contributed by atoms with Crippen molar-refractivity contribution in [2.75, 3.05) is 24.8 Å². The minimum atomic E-state index is -1.17. The van der Waals surface area contributed by atoms with Gasteiger partial charge in [0.2, 0.25) is 6.79 Å². The van der Waals surface area contributed by atoms with Gasteiger partial charge >= 0.3 is 0 Å². The van der Waals surface area contributed by atoms with Crippen LogP contribution in [0.4, 0.5) is 5.69 Å². The fourth-order valence-electron chi connectivity index (χ4n) is 4.34. The highest BCUT2D eigenvalue weighted by Crippen LogP contribution is 2.42. The number of halogens is 2. The lowest BCUT2D eigenvalue weighted by atomic mass is 9.99. The summed E-state index contributed by atoms with van der Waals surface area (Å²) in [6, 6.07) is 13.4. The van der Waals surface area contributed by atoms with Crippen LogP contribution in [-0.2, 0) is 5.72 Å². The highest BCUT2D eigenvalue weighted by atomic mass is 79.9. The quantitative estimate of drug-likeness (QED) is 0.664. The Labute approximate surface area is 179 Å². The van der Waals surface area contributed by atoms with Crippen molar-refractivity contribution in [3.63, 3.8) is 0 Å². The molecule has 0 fully saturated rings. The summed E-state index contributed by atoms with van der Waals surface area (Å²) in [7, 11) is 0. The van der Waals surface area contributed by atoms with E-state index < -0.39 is 5.72 Å². The summed E-state index contributed by atoms with van der Waals surface area (Å²) in [5.74, 6) is 2.58. The zero-order chi connectivity index (χ0) is 18.4. The fourth-order valence-corrected chi connectivity index (χ4v) is 4.47. The van der Waals surface area contributed by atoms with Gasteiger partial charge < -0.3 is 31.6 Å². The van der Waals surface area contributed by atoms with E-state index in [4.69, 9.17) is 21.1 Å². The number of rotatable bonds is 2. The second kappa shape index (κ2) is 7.58. The number of nitrogens with zero attached hydrogens (tertiary/aromatic N) is 2. The van der Waals surface area contributed by atoms with E-state index in [0.29, 0.717) is 17.3 Å². The van der Waals surface area contributed by atoms with E-state index in [-0.39, 0.29) is 23.8 Å². The number of aliphatic hydroxyl groups is 1. The molecule has 0 aromatic heterocycles. The lowest BCUT2D eigenvalue weighted by molar-refractivity contribution is -0.534. The van der Waals surface area contributed by atoms with E-state index in [1.807, 2.05) is 42.5 Å². The predicted octanol–water partition coefficient (Wildman–Crippen LogP) is 0.723. The molecule has 1 N–H and O–H groups in total. The Bertz CT molecular complexity index is 918. The Morgan fingerprint density at radius 1 is 1.00 bits per heavy atom. The number of anilines is 1. The molecule has 5 nitrogen and oxygen atoms in total. The molecule has 1 unspecified atom stereocenters. The largest absolute Gasteiger partial charge is 1.00 e. The second-order valence-electron chi connectivity index (χ2n) is 7.34. The molecular weight excluding hydrogens is 444 g/mol. The molecule has 148 valence electrons. The lowest BCUT2D eigenvalue weighted by Gasteiger charge is -2.29. The highest BCUT2D eigenvalue weighted by molar-refractivity contribution is 6.30. The molecule has 28 heavy (non-hydrogen) atoms. The highest BCUT2D eigenvalue weighted by Gasteiger charge is 2.54. The molecule has 0 amide bonds. The molecule has 2 aromatic rings. The van der Waals surface area contributed by atoms with Crippen molar-refractivity contribution in [1.82, 2.24) is 0 Å². The van der Waals surface area contributed by atoms with Crippen molar-refractivity contribution in [3.05, 3.63) is 53.1 Å². The summed E-state index contributed by atoms with van der Waals surface area (Å²) >= 11 is 6.11. The van der Waals surface area contributed by atoms with Crippen molar-refractivity contribution in [3.8, 4) is 11.5 Å². The molecule has 0 saturated heterocycles. The molecule has 3 aliphatic rings. The summed E-state index contributed by atoms with van der Waals surface area (Å²) in [6.07, 6.45) is 4.45. The monoisotopic (exact) mass is 464 g/mol. The average molecular weight is 466 g/mol. The molecular formula is C21H22BrClN2O3. The summed E-state index contributed by atoms with van der Waals surface area (Å²) in [5, 5.41) is 12.6. The van der Waals surface area contributed by atoms with Crippen LogP contribution in [0.1, 0.15) is 31.2 Å². The van der Waals surface area contributed by atoms with Gasteiger partial charge in [-0.05, 0) is 61.7 Å². The first-order valence-electron chi connectivity index (χ1n) is 9.44. The maximum Gasteiger partial charge on any atom is 0.275 e. The normalized spacial score (nSPS) is 23.3. The maximum absolute atomic E-state index is 11.9. The van der Waals surface area contributed by atoms with Gasteiger partial charge in [-0.1, -0.05) is 11.6 Å².